The van der Waals surface area contributed by atoms with Gasteiger partial charge in [-0.1, -0.05) is 0 Å². The summed E-state index contributed by atoms with van der Waals surface area (Å²) in [6.07, 6.45) is 5.24. The first kappa shape index (κ1) is 16.0. The predicted molar refractivity (Wildman–Crippen MR) is 95.5 cm³/mol. The van der Waals surface area contributed by atoms with Crippen molar-refractivity contribution in [3.63, 3.8) is 0 Å². The fourth-order valence-electron chi connectivity index (χ4n) is 2.98. The summed E-state index contributed by atoms with van der Waals surface area (Å²) in [5.74, 6) is 0.0303. The number of carbonyl (C=O) groups excluding carboxylic acids is 1. The Morgan fingerprint density at radius 3 is 2.77 bits per heavy atom. The maximum absolute atomic E-state index is 12.1. The number of aryl methyl sites for hydroxylation is 2. The number of anilines is 1. The third-order valence-electron chi connectivity index (χ3n) is 4.24. The molecule has 0 fully saturated rings. The van der Waals surface area contributed by atoms with Crippen LogP contribution in [0, 0.1) is 13.8 Å². The molecule has 0 aliphatic heterocycles. The minimum Gasteiger partial charge on any atom is -0.292 e. The molecule has 26 heavy (non-hydrogen) atoms. The van der Waals surface area contributed by atoms with E-state index in [4.69, 9.17) is 0 Å². The standard InChI is InChI=1S/C17H18N8O/c1-11-16(12(2)23(3)21-11)13-5-6-14-19-17(22-25(14)9-13)20-15(26)10-24-8-4-7-18-24/h4-9H,10H2,1-3H3,(H,20,22,26). The van der Waals surface area contributed by atoms with Crippen LogP contribution >= 0.6 is 0 Å². The van der Waals surface area contributed by atoms with E-state index in [1.165, 1.54) is 4.68 Å². The van der Waals surface area contributed by atoms with Gasteiger partial charge >= 0.3 is 0 Å². The van der Waals surface area contributed by atoms with Crippen LogP contribution in [0.25, 0.3) is 16.8 Å². The van der Waals surface area contributed by atoms with Crippen LogP contribution in [-0.4, -0.2) is 40.1 Å². The number of rotatable bonds is 4. The van der Waals surface area contributed by atoms with Gasteiger partial charge in [-0.3, -0.25) is 19.5 Å². The topological polar surface area (TPSA) is 94.9 Å². The molecular weight excluding hydrogens is 332 g/mol. The average Bonchev–Trinajstić information content (AvgIpc) is 3.28. The lowest BCUT2D eigenvalue weighted by molar-refractivity contribution is -0.116. The van der Waals surface area contributed by atoms with Gasteiger partial charge in [0.05, 0.1) is 5.69 Å². The molecule has 4 rings (SSSR count). The summed E-state index contributed by atoms with van der Waals surface area (Å²) in [5.41, 5.74) is 4.77. The highest BCUT2D eigenvalue weighted by Gasteiger charge is 2.14. The lowest BCUT2D eigenvalue weighted by atomic mass is 10.1. The molecule has 0 spiro atoms. The van der Waals surface area contributed by atoms with Crippen molar-refractivity contribution < 1.29 is 4.79 Å². The van der Waals surface area contributed by atoms with Crippen LogP contribution in [0.15, 0.2) is 36.8 Å². The van der Waals surface area contributed by atoms with Gasteiger partial charge in [0, 0.05) is 42.5 Å². The van der Waals surface area contributed by atoms with E-state index >= 15 is 0 Å². The van der Waals surface area contributed by atoms with Crippen LogP contribution in [0.3, 0.4) is 0 Å². The van der Waals surface area contributed by atoms with Crippen LogP contribution in [0.2, 0.25) is 0 Å². The summed E-state index contributed by atoms with van der Waals surface area (Å²) in [5, 5.41) is 15.5. The smallest absolute Gasteiger partial charge is 0.249 e. The number of pyridine rings is 1. The molecule has 9 nitrogen and oxygen atoms in total. The Balaban J connectivity index is 1.60. The summed E-state index contributed by atoms with van der Waals surface area (Å²) in [6, 6.07) is 5.62. The van der Waals surface area contributed by atoms with Gasteiger partial charge < -0.3 is 0 Å². The van der Waals surface area contributed by atoms with E-state index in [0.717, 1.165) is 22.5 Å². The highest BCUT2D eigenvalue weighted by molar-refractivity contribution is 5.88. The Bertz CT molecular complexity index is 1090. The molecule has 132 valence electrons. The number of hydrogen-bond acceptors (Lipinski definition) is 5. The maximum Gasteiger partial charge on any atom is 0.249 e. The SMILES string of the molecule is Cc1nn(C)c(C)c1-c1ccc2nc(NC(=O)Cn3cccn3)nn2c1. The molecule has 0 saturated heterocycles. The van der Waals surface area contributed by atoms with Crippen LogP contribution in [0.5, 0.6) is 0 Å². The minimum atomic E-state index is -0.233. The van der Waals surface area contributed by atoms with Gasteiger partial charge in [0.1, 0.15) is 6.54 Å². The molecule has 0 saturated carbocycles. The van der Waals surface area contributed by atoms with Crippen molar-refractivity contribution >= 4 is 17.5 Å². The summed E-state index contributed by atoms with van der Waals surface area (Å²) in [6.45, 7) is 4.12. The van der Waals surface area contributed by atoms with E-state index in [1.54, 1.807) is 23.0 Å². The lowest BCUT2D eigenvalue weighted by Gasteiger charge is -2.02. The van der Waals surface area contributed by atoms with Gasteiger partial charge in [-0.2, -0.15) is 15.2 Å². The van der Waals surface area contributed by atoms with Crippen molar-refractivity contribution in [3.8, 4) is 11.1 Å². The normalized spacial score (nSPS) is 11.2. The molecule has 0 radical (unpaired) electrons. The van der Waals surface area contributed by atoms with Gasteiger partial charge in [-0.25, -0.2) is 4.52 Å². The maximum atomic E-state index is 12.1. The fourth-order valence-corrected chi connectivity index (χ4v) is 2.98. The zero-order valence-corrected chi connectivity index (χ0v) is 14.7. The highest BCUT2D eigenvalue weighted by Crippen LogP contribution is 2.26. The number of hydrogen-bond donors (Lipinski definition) is 1. The van der Waals surface area contributed by atoms with E-state index in [0.29, 0.717) is 5.65 Å². The Hall–Kier alpha value is -3.49. The van der Waals surface area contributed by atoms with E-state index in [2.05, 4.69) is 25.6 Å². The van der Waals surface area contributed by atoms with Crippen LogP contribution in [-0.2, 0) is 18.4 Å². The minimum absolute atomic E-state index is 0.113. The molecule has 0 aromatic carbocycles. The summed E-state index contributed by atoms with van der Waals surface area (Å²) in [4.78, 5) is 16.4. The molecule has 4 heterocycles. The van der Waals surface area contributed by atoms with Crippen molar-refractivity contribution in [1.29, 1.82) is 0 Å². The largest absolute Gasteiger partial charge is 0.292 e. The Morgan fingerprint density at radius 2 is 2.08 bits per heavy atom. The number of amides is 1. The van der Waals surface area contributed by atoms with Gasteiger partial charge in [-0.15, -0.1) is 5.10 Å². The van der Waals surface area contributed by atoms with Gasteiger partial charge in [0.2, 0.25) is 11.9 Å². The van der Waals surface area contributed by atoms with Crippen molar-refractivity contribution in [2.75, 3.05) is 5.32 Å². The van der Waals surface area contributed by atoms with Crippen molar-refractivity contribution in [2.24, 2.45) is 7.05 Å². The second-order valence-electron chi connectivity index (χ2n) is 6.08. The predicted octanol–water partition coefficient (Wildman–Crippen LogP) is 1.58. The monoisotopic (exact) mass is 350 g/mol. The highest BCUT2D eigenvalue weighted by atomic mass is 16.2. The van der Waals surface area contributed by atoms with E-state index < -0.39 is 0 Å². The van der Waals surface area contributed by atoms with E-state index in [-0.39, 0.29) is 18.4 Å². The first-order chi connectivity index (χ1) is 12.5. The van der Waals surface area contributed by atoms with E-state index in [1.807, 2.05) is 43.9 Å². The Labute approximate surface area is 149 Å². The summed E-state index contributed by atoms with van der Waals surface area (Å²) < 4.78 is 5.05. The summed E-state index contributed by atoms with van der Waals surface area (Å²) in [7, 11) is 1.92. The second-order valence-corrected chi connectivity index (χ2v) is 6.08. The van der Waals surface area contributed by atoms with Crippen molar-refractivity contribution in [3.05, 3.63) is 48.2 Å². The fraction of sp³-hybridized carbons (Fsp3) is 0.235. The Morgan fingerprint density at radius 1 is 1.23 bits per heavy atom. The zero-order valence-electron chi connectivity index (χ0n) is 14.7. The number of nitrogens with one attached hydrogen (secondary N) is 1. The molecule has 0 bridgehead atoms. The third-order valence-corrected chi connectivity index (χ3v) is 4.24. The van der Waals surface area contributed by atoms with Crippen molar-refractivity contribution in [2.45, 2.75) is 20.4 Å². The number of carbonyl (C=O) groups is 1. The number of fused-ring (bicyclic) bond motifs is 1. The Kier molecular flexibility index (Phi) is 3.76. The van der Waals surface area contributed by atoms with Gasteiger partial charge in [0.15, 0.2) is 5.65 Å². The van der Waals surface area contributed by atoms with E-state index in [9.17, 15) is 4.79 Å². The molecule has 4 aromatic heterocycles. The second kappa shape index (κ2) is 6.10. The van der Waals surface area contributed by atoms with Crippen LogP contribution in [0.4, 0.5) is 5.95 Å². The first-order valence-electron chi connectivity index (χ1n) is 8.15. The zero-order chi connectivity index (χ0) is 18.3. The average molecular weight is 350 g/mol. The van der Waals surface area contributed by atoms with Crippen molar-refractivity contribution in [1.82, 2.24) is 34.2 Å². The molecule has 1 amide bonds. The first-order valence-corrected chi connectivity index (χ1v) is 8.15. The third kappa shape index (κ3) is 2.83. The number of aromatic nitrogens is 7. The lowest BCUT2D eigenvalue weighted by Crippen LogP contribution is -2.19. The van der Waals surface area contributed by atoms with Crippen LogP contribution in [0.1, 0.15) is 11.4 Å². The molecule has 9 heteroatoms. The molecule has 0 atom stereocenters. The molecular formula is C17H18N8O. The number of nitrogens with zero attached hydrogens (tertiary/aromatic N) is 7. The summed E-state index contributed by atoms with van der Waals surface area (Å²) >= 11 is 0. The molecule has 0 aliphatic rings. The quantitative estimate of drug-likeness (QED) is 0.603. The van der Waals surface area contributed by atoms with Gasteiger partial charge in [-0.05, 0) is 32.0 Å². The molecule has 0 unspecified atom stereocenters. The van der Waals surface area contributed by atoms with Crippen LogP contribution < -0.4 is 5.32 Å². The molecule has 0 aliphatic carbocycles. The molecule has 4 aromatic rings. The van der Waals surface area contributed by atoms with Gasteiger partial charge in [0.25, 0.3) is 0 Å². The molecule has 1 N–H and O–H groups in total.